The second-order valence-corrected chi connectivity index (χ2v) is 11.2. The number of rotatable bonds is 18. The molecule has 0 fully saturated rings. The second-order valence-electron chi connectivity index (χ2n) is 9.30. The van der Waals surface area contributed by atoms with Gasteiger partial charge in [-0.2, -0.15) is 0 Å². The van der Waals surface area contributed by atoms with Crippen LogP contribution in [0, 0.1) is 0 Å². The summed E-state index contributed by atoms with van der Waals surface area (Å²) in [4.78, 5) is 19.1. The van der Waals surface area contributed by atoms with Crippen molar-refractivity contribution in [3.05, 3.63) is 24.3 Å². The molecule has 5 nitrogen and oxygen atoms in total. The fraction of sp³-hybridized carbons (Fsp3) is 0.826. The molecule has 1 atom stereocenters. The maximum atomic E-state index is 11.7. The zero-order chi connectivity index (χ0) is 22.2. The minimum absolute atomic E-state index is 0.0323. The van der Waals surface area contributed by atoms with Gasteiger partial charge in [0.15, 0.2) is 0 Å². The highest BCUT2D eigenvalue weighted by atomic mass is 31.2. The molecule has 0 spiro atoms. The molecule has 0 saturated carbocycles. The van der Waals surface area contributed by atoms with Gasteiger partial charge in [-0.05, 0) is 44.9 Å². The summed E-state index contributed by atoms with van der Waals surface area (Å²) in [7, 11) is 0.896. The van der Waals surface area contributed by atoms with Crippen molar-refractivity contribution in [1.29, 1.82) is 0 Å². The van der Waals surface area contributed by atoms with Gasteiger partial charge < -0.3 is 19.4 Å². The quantitative estimate of drug-likeness (QED) is 0.111. The minimum atomic E-state index is -4.57. The predicted molar refractivity (Wildman–Crippen MR) is 124 cm³/mol. The first-order valence-corrected chi connectivity index (χ1v) is 13.0. The van der Waals surface area contributed by atoms with Gasteiger partial charge in [0.2, 0.25) is 5.34 Å². The van der Waals surface area contributed by atoms with E-state index in [-0.39, 0.29) is 13.0 Å². The maximum absolute atomic E-state index is 11.7. The Kier molecular flexibility index (Phi) is 15.1. The van der Waals surface area contributed by atoms with Crippen LogP contribution in [0.5, 0.6) is 0 Å². The number of aliphatic hydroxyl groups is 1. The number of allylic oxidation sites excluding steroid dienone is 4. The van der Waals surface area contributed by atoms with E-state index in [1.54, 1.807) is 0 Å². The van der Waals surface area contributed by atoms with Crippen molar-refractivity contribution in [2.24, 2.45) is 0 Å². The molecule has 29 heavy (non-hydrogen) atoms. The first-order valence-electron chi connectivity index (χ1n) is 11.4. The molecule has 6 heteroatoms. The standard InChI is InChI=1S/C23H46NO4P/c1-5-6-7-8-9-10-11-12-13-14-15-16-17-18-19-20-21-23(25,29(26,27)28)22-24(2,3)4/h13-14,17-18,25H,5-12,15-16,19-22H2,1-4H3,(H-,26,27,28)/p+1/b14-13-,18-17-. The van der Waals surface area contributed by atoms with Crippen molar-refractivity contribution in [3.63, 3.8) is 0 Å². The molecule has 1 unspecified atom stereocenters. The fourth-order valence-corrected chi connectivity index (χ4v) is 4.52. The largest absolute Gasteiger partial charge is 0.373 e. The Morgan fingerprint density at radius 2 is 1.21 bits per heavy atom. The van der Waals surface area contributed by atoms with E-state index >= 15 is 0 Å². The Morgan fingerprint density at radius 3 is 1.69 bits per heavy atom. The third-order valence-electron chi connectivity index (χ3n) is 5.03. The average Bonchev–Trinajstić information content (AvgIpc) is 2.59. The third-order valence-corrected chi connectivity index (χ3v) is 6.47. The van der Waals surface area contributed by atoms with E-state index in [1.807, 2.05) is 21.1 Å². The van der Waals surface area contributed by atoms with Gasteiger partial charge in [0.25, 0.3) is 0 Å². The van der Waals surface area contributed by atoms with Crippen LogP contribution >= 0.6 is 7.60 Å². The van der Waals surface area contributed by atoms with E-state index in [2.05, 4.69) is 31.2 Å². The summed E-state index contributed by atoms with van der Waals surface area (Å²) >= 11 is 0. The lowest BCUT2D eigenvalue weighted by Gasteiger charge is -2.35. The molecule has 0 saturated heterocycles. The fourth-order valence-electron chi connectivity index (χ4n) is 3.46. The van der Waals surface area contributed by atoms with Gasteiger partial charge in [-0.1, -0.05) is 69.8 Å². The van der Waals surface area contributed by atoms with E-state index in [0.29, 0.717) is 10.9 Å². The maximum Gasteiger partial charge on any atom is 0.362 e. The summed E-state index contributed by atoms with van der Waals surface area (Å²) in [6, 6.07) is 0. The van der Waals surface area contributed by atoms with E-state index in [9.17, 15) is 19.5 Å². The van der Waals surface area contributed by atoms with Crippen molar-refractivity contribution in [3.8, 4) is 0 Å². The van der Waals surface area contributed by atoms with Gasteiger partial charge in [0.05, 0.1) is 21.1 Å². The van der Waals surface area contributed by atoms with E-state index in [0.717, 1.165) is 19.3 Å². The molecule has 0 aliphatic carbocycles. The lowest BCUT2D eigenvalue weighted by molar-refractivity contribution is -0.875. The Balaban J connectivity index is 3.86. The van der Waals surface area contributed by atoms with Crippen LogP contribution in [0.1, 0.15) is 90.4 Å². The number of nitrogens with zero attached hydrogens (tertiary/aromatic N) is 1. The highest BCUT2D eigenvalue weighted by Crippen LogP contribution is 2.52. The summed E-state index contributed by atoms with van der Waals surface area (Å²) in [5.74, 6) is 0. The van der Waals surface area contributed by atoms with E-state index in [4.69, 9.17) is 0 Å². The van der Waals surface area contributed by atoms with Crippen LogP contribution in [0.25, 0.3) is 0 Å². The Hall–Kier alpha value is -0.450. The molecule has 3 N–H and O–H groups in total. The molecule has 0 heterocycles. The number of unbranched alkanes of at least 4 members (excludes halogenated alkanes) is 9. The SMILES string of the molecule is CCCCCCCCC/C=C\CC/C=C\CCCC(O)(C[N+](C)(C)C)P(=O)(O)O. The molecule has 0 aliphatic rings. The highest BCUT2D eigenvalue weighted by molar-refractivity contribution is 7.53. The van der Waals surface area contributed by atoms with Crippen molar-refractivity contribution >= 4 is 7.60 Å². The van der Waals surface area contributed by atoms with Crippen LogP contribution in [0.15, 0.2) is 24.3 Å². The molecule has 0 bridgehead atoms. The molecule has 0 aliphatic heterocycles. The summed E-state index contributed by atoms with van der Waals surface area (Å²) < 4.78 is 12.0. The van der Waals surface area contributed by atoms with Gasteiger partial charge in [-0.3, -0.25) is 4.57 Å². The highest BCUT2D eigenvalue weighted by Gasteiger charge is 2.48. The molecule has 0 rings (SSSR count). The van der Waals surface area contributed by atoms with Gasteiger partial charge >= 0.3 is 7.60 Å². The lowest BCUT2D eigenvalue weighted by Crippen LogP contribution is -2.49. The first-order chi connectivity index (χ1) is 13.5. The normalized spacial score (nSPS) is 15.4. The van der Waals surface area contributed by atoms with Gasteiger partial charge in [0, 0.05) is 0 Å². The van der Waals surface area contributed by atoms with E-state index < -0.39 is 12.9 Å². The summed E-state index contributed by atoms with van der Waals surface area (Å²) in [5.41, 5.74) is 0. The molecular formula is C23H47NO4P+. The topological polar surface area (TPSA) is 77.8 Å². The molecule has 0 radical (unpaired) electrons. The predicted octanol–water partition coefficient (Wildman–Crippen LogP) is 5.76. The van der Waals surface area contributed by atoms with Crippen LogP contribution in [0.4, 0.5) is 0 Å². The summed E-state index contributed by atoms with van der Waals surface area (Å²) in [5, 5.41) is 8.54. The van der Waals surface area contributed by atoms with Crippen LogP contribution < -0.4 is 0 Å². The molecule has 0 aromatic carbocycles. The summed E-state index contributed by atoms with van der Waals surface area (Å²) in [6.45, 7) is 2.28. The summed E-state index contributed by atoms with van der Waals surface area (Å²) in [6.07, 6.45) is 22.7. The van der Waals surface area contributed by atoms with Crippen LogP contribution in [-0.2, 0) is 4.57 Å². The lowest BCUT2D eigenvalue weighted by atomic mass is 10.1. The first kappa shape index (κ1) is 28.5. The molecule has 0 aromatic heterocycles. The van der Waals surface area contributed by atoms with Crippen LogP contribution in [0.3, 0.4) is 0 Å². The second kappa shape index (κ2) is 15.4. The van der Waals surface area contributed by atoms with Crippen LogP contribution in [-0.4, -0.2) is 52.4 Å². The molecule has 0 aromatic rings. The Labute approximate surface area is 179 Å². The van der Waals surface area contributed by atoms with Crippen LogP contribution in [0.2, 0.25) is 0 Å². The zero-order valence-electron chi connectivity index (χ0n) is 19.4. The number of hydrogen-bond acceptors (Lipinski definition) is 2. The molecule has 0 amide bonds. The van der Waals surface area contributed by atoms with Crippen molar-refractivity contribution in [1.82, 2.24) is 0 Å². The molecular weight excluding hydrogens is 385 g/mol. The number of hydrogen-bond donors (Lipinski definition) is 3. The van der Waals surface area contributed by atoms with Crippen molar-refractivity contribution < 1.29 is 23.9 Å². The van der Waals surface area contributed by atoms with Crippen molar-refractivity contribution in [2.45, 2.75) is 95.7 Å². The monoisotopic (exact) mass is 432 g/mol. The van der Waals surface area contributed by atoms with Gasteiger partial charge in [-0.15, -0.1) is 0 Å². The Morgan fingerprint density at radius 1 is 0.759 bits per heavy atom. The minimum Gasteiger partial charge on any atom is -0.373 e. The zero-order valence-corrected chi connectivity index (χ0v) is 20.2. The Bertz CT molecular complexity index is 507. The average molecular weight is 433 g/mol. The van der Waals surface area contributed by atoms with Gasteiger partial charge in [0.1, 0.15) is 6.54 Å². The third kappa shape index (κ3) is 16.0. The number of quaternary nitrogens is 1. The van der Waals surface area contributed by atoms with E-state index in [1.165, 1.54) is 51.4 Å². The smallest absolute Gasteiger partial charge is 0.362 e. The van der Waals surface area contributed by atoms with Gasteiger partial charge in [-0.25, -0.2) is 0 Å². The number of likely N-dealkylation sites (N-methyl/N-ethyl adjacent to an activating group) is 1. The molecule has 172 valence electrons. The van der Waals surface area contributed by atoms with Crippen molar-refractivity contribution in [2.75, 3.05) is 27.7 Å².